The second-order valence-electron chi connectivity index (χ2n) is 3.62. The Hall–Kier alpha value is -1.31. The van der Waals surface area contributed by atoms with Crippen molar-refractivity contribution in [2.75, 3.05) is 19.3 Å². The van der Waals surface area contributed by atoms with E-state index in [0.29, 0.717) is 5.56 Å². The maximum Gasteiger partial charge on any atom is 0.241 e. The van der Waals surface area contributed by atoms with Crippen LogP contribution in [0.25, 0.3) is 0 Å². The summed E-state index contributed by atoms with van der Waals surface area (Å²) < 4.78 is 25.9. The molecule has 0 saturated heterocycles. The predicted molar refractivity (Wildman–Crippen MR) is 69.9 cm³/mol. The Labute approximate surface area is 111 Å². The van der Waals surface area contributed by atoms with Crippen LogP contribution in [0.4, 0.5) is 5.69 Å². The zero-order valence-electron chi connectivity index (χ0n) is 9.95. The molecule has 0 fully saturated rings. The number of amides is 1. The second kappa shape index (κ2) is 5.55. The summed E-state index contributed by atoms with van der Waals surface area (Å²) in [6.45, 7) is 1.34. The van der Waals surface area contributed by atoms with Gasteiger partial charge in [-0.3, -0.25) is 4.79 Å². The van der Waals surface area contributed by atoms with Crippen LogP contribution in [0.15, 0.2) is 17.0 Å². The third-order valence-electron chi connectivity index (χ3n) is 2.37. The summed E-state index contributed by atoms with van der Waals surface area (Å²) in [7, 11) is -2.39. The summed E-state index contributed by atoms with van der Waals surface area (Å²) in [4.78, 5) is 10.9. The number of carbonyl (C=O) groups is 1. The van der Waals surface area contributed by atoms with Crippen LogP contribution in [0.2, 0.25) is 5.02 Å². The van der Waals surface area contributed by atoms with E-state index in [4.69, 9.17) is 17.3 Å². The summed E-state index contributed by atoms with van der Waals surface area (Å²) >= 11 is 5.86. The van der Waals surface area contributed by atoms with Crippen LogP contribution in [-0.4, -0.2) is 27.9 Å². The number of carbonyl (C=O) groups excluding carboxylic acids is 1. The number of likely N-dealkylation sites (N-methyl/N-ethyl adjacent to an activating group) is 1. The number of rotatable bonds is 4. The van der Waals surface area contributed by atoms with Gasteiger partial charge in [0.2, 0.25) is 15.9 Å². The van der Waals surface area contributed by atoms with Gasteiger partial charge in [-0.15, -0.1) is 0 Å². The minimum atomic E-state index is -3.80. The minimum Gasteiger partial charge on any atom is -0.398 e. The molecule has 1 aromatic rings. The summed E-state index contributed by atoms with van der Waals surface area (Å²) in [6.07, 6.45) is 0. The molecule has 0 radical (unpaired) electrons. The molecule has 100 valence electrons. The zero-order valence-corrected chi connectivity index (χ0v) is 11.5. The van der Waals surface area contributed by atoms with Gasteiger partial charge < -0.3 is 11.1 Å². The Morgan fingerprint density at radius 2 is 2.06 bits per heavy atom. The average molecular weight is 292 g/mol. The van der Waals surface area contributed by atoms with E-state index in [2.05, 4.69) is 10.0 Å². The molecule has 0 spiro atoms. The summed E-state index contributed by atoms with van der Waals surface area (Å²) in [5, 5.41) is 2.56. The molecule has 0 atom stereocenters. The Balaban J connectivity index is 3.02. The van der Waals surface area contributed by atoms with Gasteiger partial charge in [0.05, 0.1) is 11.4 Å². The Morgan fingerprint density at radius 3 is 2.56 bits per heavy atom. The first-order valence-electron chi connectivity index (χ1n) is 5.04. The molecule has 0 unspecified atom stereocenters. The largest absolute Gasteiger partial charge is 0.398 e. The lowest BCUT2D eigenvalue weighted by Gasteiger charge is -2.09. The third kappa shape index (κ3) is 3.34. The van der Waals surface area contributed by atoms with Crippen molar-refractivity contribution in [3.05, 3.63) is 22.7 Å². The van der Waals surface area contributed by atoms with E-state index in [1.54, 1.807) is 6.92 Å². The molecule has 0 aromatic heterocycles. The van der Waals surface area contributed by atoms with Crippen LogP contribution in [-0.2, 0) is 14.8 Å². The average Bonchev–Trinajstić information content (AvgIpc) is 2.32. The van der Waals surface area contributed by atoms with Crippen molar-refractivity contribution in [1.82, 2.24) is 10.0 Å². The van der Waals surface area contributed by atoms with Crippen molar-refractivity contribution >= 4 is 33.2 Å². The van der Waals surface area contributed by atoms with Crippen LogP contribution >= 0.6 is 11.6 Å². The van der Waals surface area contributed by atoms with Crippen molar-refractivity contribution in [3.63, 3.8) is 0 Å². The number of halogens is 1. The van der Waals surface area contributed by atoms with E-state index in [1.165, 1.54) is 19.2 Å². The fourth-order valence-corrected chi connectivity index (χ4v) is 2.50. The first kappa shape index (κ1) is 14.7. The number of hydrogen-bond donors (Lipinski definition) is 3. The molecule has 0 aliphatic carbocycles. The molecular weight excluding hydrogens is 278 g/mol. The van der Waals surface area contributed by atoms with Gasteiger partial charge in [0.1, 0.15) is 0 Å². The standard InChI is InChI=1S/C10H14ClN3O3S/c1-6-8(11)3-7(4-9(6)12)18(16,17)14-5-10(15)13-2/h3-4,14H,5,12H2,1-2H3,(H,13,15). The molecule has 1 aromatic carbocycles. The molecule has 0 aliphatic heterocycles. The normalized spacial score (nSPS) is 11.3. The molecule has 0 bridgehead atoms. The highest BCUT2D eigenvalue weighted by atomic mass is 35.5. The van der Waals surface area contributed by atoms with Crippen molar-refractivity contribution in [2.24, 2.45) is 0 Å². The van der Waals surface area contributed by atoms with Crippen LogP contribution in [0, 0.1) is 6.92 Å². The summed E-state index contributed by atoms with van der Waals surface area (Å²) in [5.41, 5.74) is 6.54. The van der Waals surface area contributed by atoms with E-state index >= 15 is 0 Å². The molecule has 6 nitrogen and oxygen atoms in total. The van der Waals surface area contributed by atoms with Gasteiger partial charge in [-0.1, -0.05) is 11.6 Å². The van der Waals surface area contributed by atoms with Crippen LogP contribution in [0.5, 0.6) is 0 Å². The number of hydrogen-bond acceptors (Lipinski definition) is 4. The third-order valence-corrected chi connectivity index (χ3v) is 4.14. The highest BCUT2D eigenvalue weighted by molar-refractivity contribution is 7.89. The molecule has 1 amide bonds. The summed E-state index contributed by atoms with van der Waals surface area (Å²) in [5.74, 6) is -0.440. The van der Waals surface area contributed by atoms with Gasteiger partial charge in [-0.2, -0.15) is 0 Å². The quantitative estimate of drug-likeness (QED) is 0.692. The number of anilines is 1. The fraction of sp³-hybridized carbons (Fsp3) is 0.300. The van der Waals surface area contributed by atoms with Crippen LogP contribution < -0.4 is 15.8 Å². The van der Waals surface area contributed by atoms with E-state index in [1.807, 2.05) is 0 Å². The van der Waals surface area contributed by atoms with E-state index in [9.17, 15) is 13.2 Å². The minimum absolute atomic E-state index is 0.0699. The van der Waals surface area contributed by atoms with E-state index < -0.39 is 15.9 Å². The topological polar surface area (TPSA) is 101 Å². The highest BCUT2D eigenvalue weighted by Gasteiger charge is 2.17. The number of sulfonamides is 1. The van der Waals surface area contributed by atoms with Gasteiger partial charge in [0, 0.05) is 17.8 Å². The maximum absolute atomic E-state index is 11.9. The molecule has 0 heterocycles. The van der Waals surface area contributed by atoms with Gasteiger partial charge in [-0.05, 0) is 24.6 Å². The van der Waals surface area contributed by atoms with Crippen LogP contribution in [0.3, 0.4) is 0 Å². The van der Waals surface area contributed by atoms with Crippen LogP contribution in [0.1, 0.15) is 5.56 Å². The van der Waals surface area contributed by atoms with Gasteiger partial charge in [0.15, 0.2) is 0 Å². The molecule has 4 N–H and O–H groups in total. The molecule has 1 rings (SSSR count). The highest BCUT2D eigenvalue weighted by Crippen LogP contribution is 2.25. The predicted octanol–water partition coefficient (Wildman–Crippen LogP) is 0.255. The van der Waals surface area contributed by atoms with Gasteiger partial charge in [0.25, 0.3) is 0 Å². The number of benzene rings is 1. The Kier molecular flexibility index (Phi) is 4.55. The molecule has 18 heavy (non-hydrogen) atoms. The van der Waals surface area contributed by atoms with Gasteiger partial charge >= 0.3 is 0 Å². The van der Waals surface area contributed by atoms with Gasteiger partial charge in [-0.25, -0.2) is 13.1 Å². The number of nitrogens with one attached hydrogen (secondary N) is 2. The van der Waals surface area contributed by atoms with Crippen molar-refractivity contribution in [1.29, 1.82) is 0 Å². The summed E-state index contributed by atoms with van der Waals surface area (Å²) in [6, 6.07) is 2.59. The smallest absolute Gasteiger partial charge is 0.241 e. The molecule has 0 saturated carbocycles. The lowest BCUT2D eigenvalue weighted by Crippen LogP contribution is -2.35. The van der Waals surface area contributed by atoms with E-state index in [0.717, 1.165) is 0 Å². The Morgan fingerprint density at radius 1 is 1.44 bits per heavy atom. The lowest BCUT2D eigenvalue weighted by atomic mass is 10.2. The van der Waals surface area contributed by atoms with Crippen molar-refractivity contribution in [2.45, 2.75) is 11.8 Å². The molecular formula is C10H14ClN3O3S. The second-order valence-corrected chi connectivity index (χ2v) is 5.79. The molecule has 8 heteroatoms. The molecule has 0 aliphatic rings. The van der Waals surface area contributed by atoms with Crippen molar-refractivity contribution < 1.29 is 13.2 Å². The van der Waals surface area contributed by atoms with Crippen molar-refractivity contribution in [3.8, 4) is 0 Å². The fourth-order valence-electron chi connectivity index (χ4n) is 1.16. The first-order chi connectivity index (χ1) is 8.27. The van der Waals surface area contributed by atoms with E-state index in [-0.39, 0.29) is 22.2 Å². The zero-order chi connectivity index (χ0) is 13.9. The first-order valence-corrected chi connectivity index (χ1v) is 6.90. The monoisotopic (exact) mass is 291 g/mol. The maximum atomic E-state index is 11.9. The Bertz CT molecular complexity index is 549. The lowest BCUT2D eigenvalue weighted by molar-refractivity contribution is -0.119. The number of nitrogen functional groups attached to an aromatic ring is 1. The number of nitrogens with two attached hydrogens (primary N) is 1. The SMILES string of the molecule is CNC(=O)CNS(=O)(=O)c1cc(N)c(C)c(Cl)c1.